The van der Waals surface area contributed by atoms with Crippen LogP contribution in [-0.2, 0) is 10.3 Å². The van der Waals surface area contributed by atoms with Crippen molar-refractivity contribution in [2.24, 2.45) is 0 Å². The van der Waals surface area contributed by atoms with E-state index in [1.807, 2.05) is 24.4 Å². The predicted octanol–water partition coefficient (Wildman–Crippen LogP) is 3.37. The highest BCUT2D eigenvalue weighted by Crippen LogP contribution is 2.40. The molecular formula is C18H17FN4OS. The minimum absolute atomic E-state index is 0.00447. The summed E-state index contributed by atoms with van der Waals surface area (Å²) in [6, 6.07) is 8.24. The van der Waals surface area contributed by atoms with Crippen LogP contribution in [-0.4, -0.2) is 35.8 Å². The largest absolute Gasteiger partial charge is 0.335 e. The molecule has 1 aromatic heterocycles. The molecule has 2 heterocycles. The monoisotopic (exact) mass is 356 g/mol. The summed E-state index contributed by atoms with van der Waals surface area (Å²) in [6.07, 6.45) is 0.273. The molecule has 1 unspecified atom stereocenters. The van der Waals surface area contributed by atoms with Gasteiger partial charge >= 0.3 is 0 Å². The molecule has 0 aliphatic carbocycles. The summed E-state index contributed by atoms with van der Waals surface area (Å²) >= 11 is 1.49. The van der Waals surface area contributed by atoms with Crippen molar-refractivity contribution in [2.75, 3.05) is 14.1 Å². The minimum Gasteiger partial charge on any atom is -0.335 e. The summed E-state index contributed by atoms with van der Waals surface area (Å²) in [4.78, 5) is 16.3. The quantitative estimate of drug-likeness (QED) is 0.897. The molecule has 1 aromatic carbocycles. The third-order valence-electron chi connectivity index (χ3n) is 4.80. The Kier molecular flexibility index (Phi) is 4.09. The molecule has 2 aromatic rings. The maximum atomic E-state index is 13.5. The molecule has 0 bridgehead atoms. The fourth-order valence-corrected chi connectivity index (χ4v) is 4.04. The number of hydrogen-bond acceptors (Lipinski definition) is 4. The number of carbonyl (C=O) groups is 1. The molecule has 3 rings (SSSR count). The molecule has 7 heteroatoms. The van der Waals surface area contributed by atoms with Gasteiger partial charge < -0.3 is 4.90 Å². The van der Waals surface area contributed by atoms with E-state index in [9.17, 15) is 9.18 Å². The average molecular weight is 356 g/mol. The third kappa shape index (κ3) is 2.68. The number of nitrogens with one attached hydrogen (secondary N) is 1. The number of nitrogens with zero attached hydrogens (tertiary/aromatic N) is 3. The van der Waals surface area contributed by atoms with Crippen LogP contribution >= 0.6 is 11.3 Å². The summed E-state index contributed by atoms with van der Waals surface area (Å²) in [5.41, 5.74) is 1.01. The van der Waals surface area contributed by atoms with E-state index in [0.717, 1.165) is 16.0 Å². The molecule has 1 amide bonds. The molecule has 128 valence electrons. The van der Waals surface area contributed by atoms with Gasteiger partial charge in [-0.1, -0.05) is 6.07 Å². The van der Waals surface area contributed by atoms with E-state index in [0.29, 0.717) is 0 Å². The van der Waals surface area contributed by atoms with Crippen molar-refractivity contribution < 1.29 is 9.18 Å². The first-order chi connectivity index (χ1) is 11.8. The van der Waals surface area contributed by atoms with Crippen molar-refractivity contribution in [3.63, 3.8) is 0 Å². The zero-order valence-electron chi connectivity index (χ0n) is 14.1. The normalized spacial score (nSPS) is 20.8. The van der Waals surface area contributed by atoms with E-state index < -0.39 is 11.4 Å². The van der Waals surface area contributed by atoms with E-state index in [2.05, 4.69) is 0 Å². The predicted molar refractivity (Wildman–Crippen MR) is 94.7 cm³/mol. The smallest absolute Gasteiger partial charge is 0.231 e. The molecule has 1 fully saturated rings. The number of benzene rings is 1. The molecule has 1 aliphatic heterocycles. The van der Waals surface area contributed by atoms with Gasteiger partial charge in [0.15, 0.2) is 0 Å². The first-order valence-electron chi connectivity index (χ1n) is 7.66. The number of thiophene rings is 1. The third-order valence-corrected chi connectivity index (χ3v) is 5.98. The molecular weight excluding hydrogens is 339 g/mol. The van der Waals surface area contributed by atoms with E-state index in [-0.39, 0.29) is 23.9 Å². The van der Waals surface area contributed by atoms with Crippen molar-refractivity contribution in [2.45, 2.75) is 18.9 Å². The Balaban J connectivity index is 2.00. The van der Waals surface area contributed by atoms with Crippen LogP contribution in [0.2, 0.25) is 0 Å². The van der Waals surface area contributed by atoms with Crippen LogP contribution in [0.5, 0.6) is 0 Å². The zero-order valence-corrected chi connectivity index (χ0v) is 14.9. The van der Waals surface area contributed by atoms with Gasteiger partial charge in [-0.3, -0.25) is 15.1 Å². The maximum Gasteiger partial charge on any atom is 0.231 e. The Hall–Kier alpha value is -2.72. The van der Waals surface area contributed by atoms with Gasteiger partial charge in [-0.2, -0.15) is 5.26 Å². The first-order valence-corrected chi connectivity index (χ1v) is 8.54. The van der Waals surface area contributed by atoms with Crippen LogP contribution in [0, 0.1) is 22.6 Å². The van der Waals surface area contributed by atoms with Crippen molar-refractivity contribution in [3.8, 4) is 17.2 Å². The molecule has 0 radical (unpaired) electrons. The molecule has 1 aliphatic rings. The topological polar surface area (TPSA) is 71.2 Å². The second-order valence-corrected chi connectivity index (χ2v) is 7.20. The van der Waals surface area contributed by atoms with Crippen LogP contribution in [0.1, 0.15) is 23.8 Å². The Morgan fingerprint density at radius 3 is 2.72 bits per heavy atom. The highest BCUT2D eigenvalue weighted by Gasteiger charge is 2.43. The van der Waals surface area contributed by atoms with E-state index >= 15 is 0 Å². The highest BCUT2D eigenvalue weighted by molar-refractivity contribution is 7.10. The second kappa shape index (κ2) is 5.97. The van der Waals surface area contributed by atoms with Crippen LogP contribution < -0.4 is 0 Å². The summed E-state index contributed by atoms with van der Waals surface area (Å²) < 4.78 is 13.5. The lowest BCUT2D eigenvalue weighted by molar-refractivity contribution is -0.132. The lowest BCUT2D eigenvalue weighted by Crippen LogP contribution is -2.58. The van der Waals surface area contributed by atoms with Gasteiger partial charge in [0.1, 0.15) is 11.9 Å². The lowest BCUT2D eigenvalue weighted by Gasteiger charge is -2.46. The summed E-state index contributed by atoms with van der Waals surface area (Å²) in [7, 11) is 3.40. The molecule has 1 saturated heterocycles. The number of nitriles is 1. The van der Waals surface area contributed by atoms with Gasteiger partial charge in [0, 0.05) is 19.0 Å². The van der Waals surface area contributed by atoms with Crippen molar-refractivity contribution >= 4 is 23.2 Å². The number of rotatable bonds is 2. The van der Waals surface area contributed by atoms with Gasteiger partial charge in [-0.15, -0.1) is 11.3 Å². The van der Waals surface area contributed by atoms with Gasteiger partial charge in [-0.25, -0.2) is 4.39 Å². The summed E-state index contributed by atoms with van der Waals surface area (Å²) in [6.45, 7) is 1.94. The minimum atomic E-state index is -0.609. The Bertz CT molecular complexity index is 916. The summed E-state index contributed by atoms with van der Waals surface area (Å²) in [5.74, 6) is -0.487. The Morgan fingerprint density at radius 2 is 2.04 bits per heavy atom. The van der Waals surface area contributed by atoms with E-state index in [4.69, 9.17) is 10.7 Å². The van der Waals surface area contributed by atoms with Gasteiger partial charge in [0.25, 0.3) is 0 Å². The standard InChI is InChI=1S/C18H17FN4OS/c1-18(8-16(24)22(2)17(21)23(18)3)15-7-13(10-25-15)11-4-5-14(19)12(6-11)9-20/h4-7,10,21H,8H2,1-3H3. The van der Waals surface area contributed by atoms with Crippen LogP contribution in [0.4, 0.5) is 4.39 Å². The number of guanidine groups is 1. The number of carbonyl (C=O) groups excluding carboxylic acids is 1. The molecule has 1 atom stereocenters. The Morgan fingerprint density at radius 1 is 1.32 bits per heavy atom. The van der Waals surface area contributed by atoms with Crippen molar-refractivity contribution in [1.29, 1.82) is 10.7 Å². The second-order valence-electron chi connectivity index (χ2n) is 6.29. The molecule has 0 spiro atoms. The zero-order chi connectivity index (χ0) is 18.4. The van der Waals surface area contributed by atoms with Gasteiger partial charge in [0.2, 0.25) is 11.9 Å². The summed E-state index contributed by atoms with van der Waals surface area (Å²) in [5, 5.41) is 19.1. The van der Waals surface area contributed by atoms with Crippen LogP contribution in [0.3, 0.4) is 0 Å². The first kappa shape index (κ1) is 17.1. The van der Waals surface area contributed by atoms with Gasteiger partial charge in [0.05, 0.1) is 17.5 Å². The van der Waals surface area contributed by atoms with Crippen molar-refractivity contribution in [1.82, 2.24) is 9.80 Å². The van der Waals surface area contributed by atoms with Crippen LogP contribution in [0.25, 0.3) is 11.1 Å². The van der Waals surface area contributed by atoms with E-state index in [1.165, 1.54) is 28.4 Å². The molecule has 25 heavy (non-hydrogen) atoms. The fraction of sp³-hybridized carbons (Fsp3) is 0.278. The van der Waals surface area contributed by atoms with Crippen molar-refractivity contribution in [3.05, 3.63) is 45.9 Å². The molecule has 1 N–H and O–H groups in total. The maximum absolute atomic E-state index is 13.5. The Labute approximate surface area is 149 Å². The molecule has 0 saturated carbocycles. The highest BCUT2D eigenvalue weighted by atomic mass is 32.1. The number of halogens is 1. The SMILES string of the molecule is CN1C(=N)N(C)C(C)(c2cc(-c3ccc(F)c(C#N)c3)cs2)CC1=O. The van der Waals surface area contributed by atoms with Crippen LogP contribution in [0.15, 0.2) is 29.6 Å². The number of hydrogen-bond donors (Lipinski definition) is 1. The average Bonchev–Trinajstić information content (AvgIpc) is 3.09. The lowest BCUT2D eigenvalue weighted by atomic mass is 9.90. The van der Waals surface area contributed by atoms with E-state index in [1.54, 1.807) is 25.1 Å². The number of amides is 1. The fourth-order valence-electron chi connectivity index (χ4n) is 2.92. The van der Waals surface area contributed by atoms with Gasteiger partial charge in [-0.05, 0) is 41.6 Å². The molecule has 5 nitrogen and oxygen atoms in total.